The molecule has 26 heavy (non-hydrogen) atoms. The molecule has 0 unspecified atom stereocenters. The van der Waals surface area contributed by atoms with Crippen LogP contribution < -0.4 is 0 Å². The first-order valence-electron chi connectivity index (χ1n) is 8.57. The zero-order valence-corrected chi connectivity index (χ0v) is 17.2. The summed E-state index contributed by atoms with van der Waals surface area (Å²) in [6.45, 7) is 4.20. The predicted molar refractivity (Wildman–Crippen MR) is 104 cm³/mol. The number of benzene rings is 1. The van der Waals surface area contributed by atoms with Crippen molar-refractivity contribution in [2.24, 2.45) is 0 Å². The number of amides is 1. The molecule has 1 aromatic heterocycles. The van der Waals surface area contributed by atoms with E-state index in [0.29, 0.717) is 17.7 Å². The maximum atomic E-state index is 13.2. The largest absolute Gasteiger partial charge is 0.331 e. The molecule has 0 N–H and O–H groups in total. The Balaban J connectivity index is 1.99. The van der Waals surface area contributed by atoms with Gasteiger partial charge in [-0.15, -0.1) is 0 Å². The molecule has 5 nitrogen and oxygen atoms in total. The second kappa shape index (κ2) is 7.13. The van der Waals surface area contributed by atoms with Gasteiger partial charge in [-0.25, -0.2) is 12.7 Å². The van der Waals surface area contributed by atoms with Gasteiger partial charge in [-0.3, -0.25) is 4.79 Å². The van der Waals surface area contributed by atoms with Crippen molar-refractivity contribution in [1.29, 1.82) is 0 Å². The summed E-state index contributed by atoms with van der Waals surface area (Å²) in [6.07, 6.45) is 2.01. The Kier molecular flexibility index (Phi) is 5.23. The van der Waals surface area contributed by atoms with Crippen molar-refractivity contribution >= 4 is 27.3 Å². The van der Waals surface area contributed by atoms with Crippen LogP contribution in [0.15, 0.2) is 33.9 Å². The van der Waals surface area contributed by atoms with Crippen molar-refractivity contribution in [3.8, 4) is 0 Å². The normalized spacial score (nSPS) is 14.7. The van der Waals surface area contributed by atoms with Crippen LogP contribution in [0.2, 0.25) is 0 Å². The van der Waals surface area contributed by atoms with Gasteiger partial charge < -0.3 is 4.90 Å². The summed E-state index contributed by atoms with van der Waals surface area (Å²) in [7, 11) is -0.591. The highest BCUT2D eigenvalue weighted by Gasteiger charge is 2.34. The van der Waals surface area contributed by atoms with E-state index < -0.39 is 10.0 Å². The fraction of sp³-hybridized carbons (Fsp3) is 0.421. The van der Waals surface area contributed by atoms with E-state index in [0.717, 1.165) is 24.0 Å². The Morgan fingerprint density at radius 1 is 1.23 bits per heavy atom. The molecule has 0 aliphatic heterocycles. The van der Waals surface area contributed by atoms with E-state index in [1.165, 1.54) is 24.5 Å². The van der Waals surface area contributed by atoms with Crippen molar-refractivity contribution in [3.63, 3.8) is 0 Å². The Morgan fingerprint density at radius 3 is 2.46 bits per heavy atom. The zero-order valence-electron chi connectivity index (χ0n) is 15.5. The van der Waals surface area contributed by atoms with E-state index in [1.54, 1.807) is 24.3 Å². The summed E-state index contributed by atoms with van der Waals surface area (Å²) in [5, 5.41) is 4.05. The van der Waals surface area contributed by atoms with Gasteiger partial charge in [0.2, 0.25) is 10.0 Å². The van der Waals surface area contributed by atoms with Gasteiger partial charge in [-0.2, -0.15) is 11.3 Å². The van der Waals surface area contributed by atoms with Crippen molar-refractivity contribution in [2.45, 2.75) is 44.2 Å². The molecule has 2 aromatic rings. The number of sulfonamides is 1. The number of thiophene rings is 1. The highest BCUT2D eigenvalue weighted by atomic mass is 32.2. The molecule has 140 valence electrons. The molecule has 0 radical (unpaired) electrons. The summed E-state index contributed by atoms with van der Waals surface area (Å²) >= 11 is 1.61. The molecule has 0 saturated heterocycles. The monoisotopic (exact) mass is 392 g/mol. The fourth-order valence-corrected chi connectivity index (χ4v) is 4.79. The average Bonchev–Trinajstić information content (AvgIpc) is 3.30. The minimum absolute atomic E-state index is 0.1000. The third-order valence-electron chi connectivity index (χ3n) is 4.81. The lowest BCUT2D eigenvalue weighted by molar-refractivity contribution is 0.0729. The first-order chi connectivity index (χ1) is 12.2. The number of hydrogen-bond acceptors (Lipinski definition) is 4. The third-order valence-corrected chi connectivity index (χ3v) is 7.48. The van der Waals surface area contributed by atoms with Gasteiger partial charge in [-0.05, 0) is 72.3 Å². The van der Waals surface area contributed by atoms with E-state index in [-0.39, 0.29) is 16.8 Å². The summed E-state index contributed by atoms with van der Waals surface area (Å²) in [6, 6.07) is 5.60. The third kappa shape index (κ3) is 3.70. The molecular weight excluding hydrogens is 368 g/mol. The van der Waals surface area contributed by atoms with E-state index in [2.05, 4.69) is 0 Å². The zero-order chi connectivity index (χ0) is 19.1. The van der Waals surface area contributed by atoms with Crippen LogP contribution in [0.1, 0.15) is 39.9 Å². The van der Waals surface area contributed by atoms with Crippen molar-refractivity contribution < 1.29 is 13.2 Å². The lowest BCUT2D eigenvalue weighted by Gasteiger charge is -2.23. The van der Waals surface area contributed by atoms with Crippen LogP contribution in [-0.4, -0.2) is 43.7 Å². The van der Waals surface area contributed by atoms with E-state index in [9.17, 15) is 13.2 Å². The van der Waals surface area contributed by atoms with Crippen LogP contribution in [0.3, 0.4) is 0 Å². The molecule has 1 amide bonds. The van der Waals surface area contributed by atoms with Crippen LogP contribution in [0.25, 0.3) is 0 Å². The fourth-order valence-electron chi connectivity index (χ4n) is 2.91. The Morgan fingerprint density at radius 2 is 1.92 bits per heavy atom. The molecule has 0 bridgehead atoms. The smallest absolute Gasteiger partial charge is 0.254 e. The predicted octanol–water partition coefficient (Wildman–Crippen LogP) is 3.42. The van der Waals surface area contributed by atoms with Gasteiger partial charge in [0.05, 0.1) is 4.90 Å². The second-order valence-corrected chi connectivity index (χ2v) is 9.90. The van der Waals surface area contributed by atoms with Crippen molar-refractivity contribution in [1.82, 2.24) is 9.21 Å². The molecule has 1 aliphatic carbocycles. The maximum Gasteiger partial charge on any atom is 0.254 e. The highest BCUT2D eigenvalue weighted by molar-refractivity contribution is 7.89. The van der Waals surface area contributed by atoms with Crippen LogP contribution in [0.4, 0.5) is 0 Å². The number of hydrogen-bond donors (Lipinski definition) is 0. The van der Waals surface area contributed by atoms with Gasteiger partial charge in [0.25, 0.3) is 5.91 Å². The molecule has 7 heteroatoms. The van der Waals surface area contributed by atoms with E-state index in [1.807, 2.05) is 28.7 Å². The topological polar surface area (TPSA) is 57.7 Å². The second-order valence-electron chi connectivity index (χ2n) is 7.00. The van der Waals surface area contributed by atoms with Crippen LogP contribution in [-0.2, 0) is 16.6 Å². The summed E-state index contributed by atoms with van der Waals surface area (Å²) < 4.78 is 26.5. The van der Waals surface area contributed by atoms with E-state index >= 15 is 0 Å². The summed E-state index contributed by atoms with van der Waals surface area (Å²) in [4.78, 5) is 15.3. The molecule has 1 aromatic carbocycles. The minimum atomic E-state index is -3.60. The Bertz CT molecular complexity index is 915. The van der Waals surface area contributed by atoms with Gasteiger partial charge in [-0.1, -0.05) is 0 Å². The standard InChI is InChI=1S/C19H24N2O3S2/c1-13-9-16(10-18(14(13)2)26(23,24)20(3)4)19(22)21(17-5-6-17)11-15-7-8-25-12-15/h7-10,12,17H,5-6,11H2,1-4H3. The van der Waals surface area contributed by atoms with Gasteiger partial charge >= 0.3 is 0 Å². The number of rotatable bonds is 6. The first-order valence-corrected chi connectivity index (χ1v) is 11.0. The Labute approximate surface area is 159 Å². The number of nitrogens with zero attached hydrogens (tertiary/aromatic N) is 2. The van der Waals surface area contributed by atoms with Crippen LogP contribution in [0, 0.1) is 13.8 Å². The first kappa shape index (κ1) is 19.1. The lowest BCUT2D eigenvalue weighted by atomic mass is 10.0. The van der Waals surface area contributed by atoms with Gasteiger partial charge in [0.1, 0.15) is 0 Å². The number of carbonyl (C=O) groups is 1. The van der Waals surface area contributed by atoms with Gasteiger partial charge in [0.15, 0.2) is 0 Å². The molecule has 0 spiro atoms. The molecule has 1 saturated carbocycles. The molecule has 1 fully saturated rings. The average molecular weight is 393 g/mol. The van der Waals surface area contributed by atoms with Gasteiger partial charge in [0, 0.05) is 32.2 Å². The maximum absolute atomic E-state index is 13.2. The molecule has 1 heterocycles. The lowest BCUT2D eigenvalue weighted by Crippen LogP contribution is -2.33. The van der Waals surface area contributed by atoms with Crippen molar-refractivity contribution in [2.75, 3.05) is 14.1 Å². The number of aryl methyl sites for hydroxylation is 1. The highest BCUT2D eigenvalue weighted by Crippen LogP contribution is 2.31. The number of carbonyl (C=O) groups excluding carboxylic acids is 1. The van der Waals surface area contributed by atoms with Crippen molar-refractivity contribution in [3.05, 3.63) is 51.2 Å². The summed E-state index contributed by atoms with van der Waals surface area (Å²) in [5.74, 6) is -0.1000. The molecule has 1 aliphatic rings. The SMILES string of the molecule is Cc1cc(C(=O)N(Cc2ccsc2)C2CC2)cc(S(=O)(=O)N(C)C)c1C. The van der Waals surface area contributed by atoms with E-state index in [4.69, 9.17) is 0 Å². The van der Waals surface area contributed by atoms with Crippen LogP contribution >= 0.6 is 11.3 Å². The molecule has 0 atom stereocenters. The van der Waals surface area contributed by atoms with Crippen LogP contribution in [0.5, 0.6) is 0 Å². The Hall–Kier alpha value is -1.70. The molecule has 3 rings (SSSR count). The minimum Gasteiger partial charge on any atom is -0.331 e. The summed E-state index contributed by atoms with van der Waals surface area (Å²) in [5.41, 5.74) is 3.05. The quantitative estimate of drug-likeness (QED) is 0.757. The molecular formula is C19H24N2O3S2.